The lowest BCUT2D eigenvalue weighted by Crippen LogP contribution is -2.06. The summed E-state index contributed by atoms with van der Waals surface area (Å²) in [7, 11) is 0. The number of benzene rings is 1. The fourth-order valence-electron chi connectivity index (χ4n) is 1.27. The number of aromatic hydroxyl groups is 1. The highest BCUT2D eigenvalue weighted by molar-refractivity contribution is 9.09. The quantitative estimate of drug-likeness (QED) is 0.837. The molecule has 0 unspecified atom stereocenters. The van der Waals surface area contributed by atoms with Crippen molar-refractivity contribution >= 4 is 21.7 Å². The van der Waals surface area contributed by atoms with Crippen molar-refractivity contribution in [2.24, 2.45) is 0 Å². The number of phenols is 1. The molecule has 0 saturated heterocycles. The van der Waals surface area contributed by atoms with Crippen molar-refractivity contribution in [2.45, 2.75) is 13.3 Å². The highest BCUT2D eigenvalue weighted by atomic mass is 79.9. The minimum Gasteiger partial charge on any atom is -0.508 e. The first-order chi connectivity index (χ1) is 7.19. The van der Waals surface area contributed by atoms with Crippen LogP contribution in [0, 0.1) is 0 Å². The van der Waals surface area contributed by atoms with E-state index in [4.69, 9.17) is 4.74 Å². The Kier molecular flexibility index (Phi) is 4.62. The van der Waals surface area contributed by atoms with Crippen LogP contribution >= 0.6 is 15.9 Å². The van der Waals surface area contributed by atoms with Crippen molar-refractivity contribution in [3.8, 4) is 11.5 Å². The van der Waals surface area contributed by atoms with Gasteiger partial charge in [-0.05, 0) is 19.1 Å². The van der Waals surface area contributed by atoms with Crippen LogP contribution in [-0.4, -0.2) is 22.8 Å². The molecular weight excluding hydrogens is 260 g/mol. The van der Waals surface area contributed by atoms with Gasteiger partial charge in [-0.3, -0.25) is 4.79 Å². The van der Waals surface area contributed by atoms with Crippen LogP contribution < -0.4 is 4.74 Å². The van der Waals surface area contributed by atoms with Gasteiger partial charge >= 0.3 is 0 Å². The molecule has 0 fully saturated rings. The molecule has 0 saturated carbocycles. The van der Waals surface area contributed by atoms with Crippen LogP contribution in [0.1, 0.15) is 12.5 Å². The molecule has 1 rings (SSSR count). The van der Waals surface area contributed by atoms with Crippen molar-refractivity contribution in [3.63, 3.8) is 0 Å². The summed E-state index contributed by atoms with van der Waals surface area (Å²) in [5.41, 5.74) is 0.559. The van der Waals surface area contributed by atoms with E-state index in [1.54, 1.807) is 18.2 Å². The molecule has 1 N–H and O–H groups in total. The molecule has 0 bridgehead atoms. The van der Waals surface area contributed by atoms with Gasteiger partial charge in [0.2, 0.25) is 0 Å². The average Bonchev–Trinajstić information content (AvgIpc) is 2.23. The van der Waals surface area contributed by atoms with Crippen molar-refractivity contribution < 1.29 is 14.6 Å². The molecular formula is C11H13BrO3. The van der Waals surface area contributed by atoms with Crippen LogP contribution in [0.2, 0.25) is 0 Å². The van der Waals surface area contributed by atoms with E-state index in [0.717, 1.165) is 0 Å². The molecule has 0 aliphatic carbocycles. The van der Waals surface area contributed by atoms with Gasteiger partial charge < -0.3 is 9.84 Å². The summed E-state index contributed by atoms with van der Waals surface area (Å²) < 4.78 is 5.34. The molecule has 0 spiro atoms. The lowest BCUT2D eigenvalue weighted by atomic mass is 10.1. The van der Waals surface area contributed by atoms with E-state index in [2.05, 4.69) is 15.9 Å². The Bertz CT molecular complexity index is 350. The number of carbonyl (C=O) groups excluding carboxylic acids is 1. The molecule has 82 valence electrons. The van der Waals surface area contributed by atoms with Crippen LogP contribution in [0.25, 0.3) is 0 Å². The summed E-state index contributed by atoms with van der Waals surface area (Å²) in [6.45, 7) is 2.37. The number of halogens is 1. The lowest BCUT2D eigenvalue weighted by Gasteiger charge is -2.10. The molecule has 1 aromatic carbocycles. The second-order valence-electron chi connectivity index (χ2n) is 3.04. The third-order valence-corrected chi connectivity index (χ3v) is 2.56. The average molecular weight is 273 g/mol. The van der Waals surface area contributed by atoms with E-state index in [1.165, 1.54) is 0 Å². The molecule has 0 amide bonds. The molecule has 0 aliphatic rings. The number of hydrogen-bond acceptors (Lipinski definition) is 3. The van der Waals surface area contributed by atoms with E-state index in [-0.39, 0.29) is 23.3 Å². The Morgan fingerprint density at radius 1 is 1.53 bits per heavy atom. The summed E-state index contributed by atoms with van der Waals surface area (Å²) in [5, 5.41) is 9.90. The zero-order valence-corrected chi connectivity index (χ0v) is 10.1. The molecule has 0 radical (unpaired) electrons. The first-order valence-corrected chi connectivity index (χ1v) is 5.82. The summed E-state index contributed by atoms with van der Waals surface area (Å²) in [6, 6.07) is 5.00. The van der Waals surface area contributed by atoms with Gasteiger partial charge in [-0.15, -0.1) is 0 Å². The Labute approximate surface area is 97.2 Å². The van der Waals surface area contributed by atoms with Gasteiger partial charge in [0.25, 0.3) is 0 Å². The highest BCUT2D eigenvalue weighted by Crippen LogP contribution is 2.28. The molecule has 3 nitrogen and oxygen atoms in total. The topological polar surface area (TPSA) is 46.5 Å². The third-order valence-electron chi connectivity index (χ3n) is 1.93. The maximum absolute atomic E-state index is 11.3. The third kappa shape index (κ3) is 3.23. The number of ether oxygens (including phenoxy) is 1. The van der Waals surface area contributed by atoms with Gasteiger partial charge in [-0.25, -0.2) is 0 Å². The number of rotatable bonds is 5. The van der Waals surface area contributed by atoms with Crippen molar-refractivity contribution in [1.29, 1.82) is 0 Å². The Morgan fingerprint density at radius 3 is 2.87 bits per heavy atom. The maximum Gasteiger partial charge on any atom is 0.148 e. The van der Waals surface area contributed by atoms with E-state index in [0.29, 0.717) is 17.9 Å². The summed E-state index contributed by atoms with van der Waals surface area (Å²) in [6.07, 6.45) is 0.188. The second-order valence-corrected chi connectivity index (χ2v) is 3.60. The van der Waals surface area contributed by atoms with Gasteiger partial charge in [-0.1, -0.05) is 22.0 Å². The summed E-state index contributed by atoms with van der Waals surface area (Å²) in [5.74, 6) is 0.694. The Morgan fingerprint density at radius 2 is 2.27 bits per heavy atom. The zero-order valence-electron chi connectivity index (χ0n) is 8.50. The fourth-order valence-corrected chi connectivity index (χ4v) is 1.47. The van der Waals surface area contributed by atoms with Crippen LogP contribution in [0.3, 0.4) is 0 Å². The summed E-state index contributed by atoms with van der Waals surface area (Å²) >= 11 is 3.09. The van der Waals surface area contributed by atoms with Crippen molar-refractivity contribution in [1.82, 2.24) is 0 Å². The SMILES string of the molecule is CCOc1cccc(O)c1CC(=O)CBr. The highest BCUT2D eigenvalue weighted by Gasteiger charge is 2.12. The van der Waals surface area contributed by atoms with Crippen LogP contribution in [0.15, 0.2) is 18.2 Å². The maximum atomic E-state index is 11.3. The lowest BCUT2D eigenvalue weighted by molar-refractivity contribution is -0.115. The Hall–Kier alpha value is -1.03. The number of Topliss-reactive ketones (excluding diaryl/α,β-unsaturated/α-hetero) is 1. The van der Waals surface area contributed by atoms with Gasteiger partial charge in [-0.2, -0.15) is 0 Å². The zero-order chi connectivity index (χ0) is 11.3. The summed E-state index contributed by atoms with van der Waals surface area (Å²) in [4.78, 5) is 11.3. The van der Waals surface area contributed by atoms with Gasteiger partial charge in [0.1, 0.15) is 17.3 Å². The van der Waals surface area contributed by atoms with Gasteiger partial charge in [0, 0.05) is 12.0 Å². The predicted octanol–water partition coefficient (Wildman–Crippen LogP) is 2.30. The molecule has 0 heterocycles. The van der Waals surface area contributed by atoms with E-state index < -0.39 is 0 Å². The number of carbonyl (C=O) groups is 1. The molecule has 4 heteroatoms. The monoisotopic (exact) mass is 272 g/mol. The molecule has 0 aliphatic heterocycles. The fraction of sp³-hybridized carbons (Fsp3) is 0.364. The molecule has 15 heavy (non-hydrogen) atoms. The van der Waals surface area contributed by atoms with Gasteiger partial charge in [0.15, 0.2) is 0 Å². The minimum absolute atomic E-state index is 0.0115. The molecule has 0 atom stereocenters. The van der Waals surface area contributed by atoms with Crippen molar-refractivity contribution in [2.75, 3.05) is 11.9 Å². The first kappa shape index (κ1) is 12.0. The molecule has 0 aromatic heterocycles. The van der Waals surface area contributed by atoms with Crippen LogP contribution in [-0.2, 0) is 11.2 Å². The van der Waals surface area contributed by atoms with E-state index >= 15 is 0 Å². The Balaban J connectivity index is 2.96. The number of phenolic OH excluding ortho intramolecular Hbond substituents is 1. The predicted molar refractivity (Wildman–Crippen MR) is 61.8 cm³/mol. The molecule has 1 aromatic rings. The van der Waals surface area contributed by atoms with Gasteiger partial charge in [0.05, 0.1) is 11.9 Å². The number of alkyl halides is 1. The van der Waals surface area contributed by atoms with Crippen LogP contribution in [0.4, 0.5) is 0 Å². The van der Waals surface area contributed by atoms with E-state index in [1.807, 2.05) is 6.92 Å². The smallest absolute Gasteiger partial charge is 0.148 e. The minimum atomic E-state index is 0.0115. The second kappa shape index (κ2) is 5.75. The van der Waals surface area contributed by atoms with Crippen LogP contribution in [0.5, 0.6) is 11.5 Å². The van der Waals surface area contributed by atoms with E-state index in [9.17, 15) is 9.90 Å². The first-order valence-electron chi connectivity index (χ1n) is 4.70. The number of hydrogen-bond donors (Lipinski definition) is 1. The number of ketones is 1. The normalized spacial score (nSPS) is 10.0. The largest absolute Gasteiger partial charge is 0.508 e. The van der Waals surface area contributed by atoms with Crippen molar-refractivity contribution in [3.05, 3.63) is 23.8 Å². The standard InChI is InChI=1S/C11H13BrO3/c1-2-15-11-5-3-4-10(14)9(11)6-8(13)7-12/h3-5,14H,2,6-7H2,1H3.